The summed E-state index contributed by atoms with van der Waals surface area (Å²) in [6.07, 6.45) is -10.9. The van der Waals surface area contributed by atoms with Crippen molar-refractivity contribution in [1.82, 2.24) is 0 Å². The molecule has 0 unspecified atom stereocenters. The number of rotatable bonds is 8. The lowest BCUT2D eigenvalue weighted by Crippen LogP contribution is -2.70. The molecule has 0 bridgehead atoms. The third-order valence-electron chi connectivity index (χ3n) is 3.77. The minimum atomic E-state index is -7.89. The number of alkyl halides is 13. The summed E-state index contributed by atoms with van der Waals surface area (Å²) >= 11 is 0. The van der Waals surface area contributed by atoms with E-state index in [4.69, 9.17) is 0 Å². The number of hydrogen-bond donors (Lipinski definition) is 0. The van der Waals surface area contributed by atoms with Gasteiger partial charge in [0.15, 0.2) is 8.46 Å². The third kappa shape index (κ3) is 4.17. The Labute approximate surface area is 155 Å². The predicted octanol–water partition coefficient (Wildman–Crippen LogP) is 6.28. The van der Waals surface area contributed by atoms with Gasteiger partial charge in [0, 0.05) is 11.7 Å². The molecule has 0 atom stereocenters. The van der Waals surface area contributed by atoms with Crippen molar-refractivity contribution >= 4 is 13.8 Å². The van der Waals surface area contributed by atoms with Gasteiger partial charge in [-0.2, -0.15) is 57.1 Å². The van der Waals surface area contributed by atoms with Gasteiger partial charge in [-0.1, -0.05) is 12.1 Å². The normalized spacial score (nSPS) is 15.1. The smallest absolute Gasteiger partial charge is 0.269 e. The van der Waals surface area contributed by atoms with Gasteiger partial charge in [0.25, 0.3) is 0 Å². The van der Waals surface area contributed by atoms with Crippen molar-refractivity contribution in [2.75, 3.05) is 0 Å². The summed E-state index contributed by atoms with van der Waals surface area (Å²) in [6, 6.07) is 3.98. The van der Waals surface area contributed by atoms with Gasteiger partial charge in [0.05, 0.1) is 0 Å². The molecule has 1 nitrogen and oxygen atoms in total. The fourth-order valence-corrected chi connectivity index (χ4v) is 2.25. The fraction of sp³-hybridized carbons (Fsp3) is 0.571. The Morgan fingerprint density at radius 2 is 1.03 bits per heavy atom. The van der Waals surface area contributed by atoms with Crippen LogP contribution in [0.15, 0.2) is 24.3 Å². The van der Waals surface area contributed by atoms with Gasteiger partial charge in [-0.05, 0) is 24.1 Å². The molecular weight excluding hydrogens is 462 g/mol. The number of hydrogen-bond acceptors (Lipinski definition) is 1. The first-order chi connectivity index (χ1) is 12.8. The molecule has 0 saturated carbocycles. The highest BCUT2D eigenvalue weighted by atomic mass is 31.1. The van der Waals surface area contributed by atoms with Gasteiger partial charge in [-0.15, -0.1) is 0 Å². The van der Waals surface area contributed by atoms with Crippen LogP contribution in [-0.2, 0) is 11.0 Å². The van der Waals surface area contributed by atoms with Gasteiger partial charge >= 0.3 is 35.8 Å². The molecule has 0 spiro atoms. The van der Waals surface area contributed by atoms with E-state index in [9.17, 15) is 61.6 Å². The molecule has 0 N–H and O–H groups in total. The Kier molecular flexibility index (Phi) is 6.66. The maximum Gasteiger partial charge on any atom is 0.460 e. The average molecular weight is 470 g/mol. The standard InChI is InChI=1S/C14H8F13OP/c15-9(16,6-5-7-1-3-8(29-28)4-2-7)10(17,18)11(19,20)12(21,22)13(23,24)14(25,26)27/h1-4H,5-6H2. The van der Waals surface area contributed by atoms with E-state index in [-0.39, 0.29) is 10.9 Å². The SMILES string of the molecule is O=Pc1ccc(CCC(F)(F)C(F)(F)C(F)(F)C(F)(F)C(F)(F)C(F)(F)F)cc1. The predicted molar refractivity (Wildman–Crippen MR) is 72.8 cm³/mol. The molecule has 0 aliphatic heterocycles. The average Bonchev–Trinajstić information content (AvgIpc) is 2.58. The minimum Gasteiger partial charge on any atom is -0.269 e. The van der Waals surface area contributed by atoms with E-state index < -0.39 is 57.1 Å². The maximum atomic E-state index is 13.6. The lowest BCUT2D eigenvalue weighted by atomic mass is 9.91. The molecule has 1 aromatic carbocycles. The van der Waals surface area contributed by atoms with Crippen LogP contribution in [0.4, 0.5) is 57.1 Å². The molecule has 0 aliphatic rings. The molecule has 15 heteroatoms. The van der Waals surface area contributed by atoms with Crippen LogP contribution in [0.25, 0.3) is 0 Å². The van der Waals surface area contributed by atoms with Crippen LogP contribution in [0.3, 0.4) is 0 Å². The van der Waals surface area contributed by atoms with Crippen LogP contribution in [0.2, 0.25) is 0 Å². The van der Waals surface area contributed by atoms with E-state index in [1.54, 1.807) is 0 Å². The molecular formula is C14H8F13OP. The van der Waals surface area contributed by atoms with E-state index in [1.807, 2.05) is 0 Å². The molecule has 0 aromatic heterocycles. The van der Waals surface area contributed by atoms with Crippen molar-refractivity contribution in [2.45, 2.75) is 48.6 Å². The second kappa shape index (κ2) is 7.59. The summed E-state index contributed by atoms with van der Waals surface area (Å²) in [4.78, 5) is 0. The minimum absolute atomic E-state index is 0.103. The van der Waals surface area contributed by atoms with E-state index in [0.717, 1.165) is 24.3 Å². The molecule has 0 amide bonds. The number of halogens is 13. The maximum absolute atomic E-state index is 13.6. The second-order valence-electron chi connectivity index (χ2n) is 5.76. The zero-order valence-corrected chi connectivity index (χ0v) is 14.4. The Bertz CT molecular complexity index is 724. The second-order valence-corrected chi connectivity index (χ2v) is 6.46. The summed E-state index contributed by atoms with van der Waals surface area (Å²) in [5.74, 6) is -36.8. The van der Waals surface area contributed by atoms with Crippen LogP contribution < -0.4 is 5.30 Å². The molecule has 0 aliphatic carbocycles. The van der Waals surface area contributed by atoms with E-state index in [1.165, 1.54) is 0 Å². The summed E-state index contributed by atoms with van der Waals surface area (Å²) in [5.41, 5.74) is -0.247. The topological polar surface area (TPSA) is 17.1 Å². The molecule has 29 heavy (non-hydrogen) atoms. The quantitative estimate of drug-likeness (QED) is 0.323. The van der Waals surface area contributed by atoms with Crippen molar-refractivity contribution in [1.29, 1.82) is 0 Å². The summed E-state index contributed by atoms with van der Waals surface area (Å²) in [5, 5.41) is 0.103. The highest BCUT2D eigenvalue weighted by Gasteiger charge is 2.90. The van der Waals surface area contributed by atoms with Gasteiger partial charge in [0.2, 0.25) is 0 Å². The lowest BCUT2D eigenvalue weighted by Gasteiger charge is -2.39. The highest BCUT2D eigenvalue weighted by molar-refractivity contribution is 7.34. The van der Waals surface area contributed by atoms with Gasteiger partial charge < -0.3 is 0 Å². The Morgan fingerprint density at radius 3 is 1.41 bits per heavy atom. The van der Waals surface area contributed by atoms with Crippen molar-refractivity contribution in [3.8, 4) is 0 Å². The Hall–Kier alpha value is -1.59. The Balaban J connectivity index is 3.21. The monoisotopic (exact) mass is 470 g/mol. The van der Waals surface area contributed by atoms with E-state index >= 15 is 0 Å². The first-order valence-electron chi connectivity index (χ1n) is 7.14. The lowest BCUT2D eigenvalue weighted by molar-refractivity contribution is -0.440. The fourth-order valence-electron chi connectivity index (χ4n) is 1.98. The molecule has 166 valence electrons. The van der Waals surface area contributed by atoms with Crippen LogP contribution in [-0.4, -0.2) is 35.8 Å². The number of benzene rings is 1. The molecule has 1 rings (SSSR count). The summed E-state index contributed by atoms with van der Waals surface area (Å²) in [7, 11) is -0.514. The number of aryl methyl sites for hydroxylation is 1. The van der Waals surface area contributed by atoms with Crippen molar-refractivity contribution in [2.24, 2.45) is 0 Å². The van der Waals surface area contributed by atoms with Gasteiger partial charge in [0.1, 0.15) is 0 Å². The summed E-state index contributed by atoms with van der Waals surface area (Å²) in [6.45, 7) is 0. The largest absolute Gasteiger partial charge is 0.460 e. The van der Waals surface area contributed by atoms with E-state index in [2.05, 4.69) is 0 Å². The molecule has 0 fully saturated rings. The zero-order valence-electron chi connectivity index (χ0n) is 13.5. The Morgan fingerprint density at radius 1 is 0.621 bits per heavy atom. The summed E-state index contributed by atoms with van der Waals surface area (Å²) < 4.78 is 179. The van der Waals surface area contributed by atoms with Crippen molar-refractivity contribution < 1.29 is 61.6 Å². The first kappa shape index (κ1) is 25.4. The van der Waals surface area contributed by atoms with Crippen LogP contribution in [0.5, 0.6) is 0 Å². The first-order valence-corrected chi connectivity index (χ1v) is 7.95. The van der Waals surface area contributed by atoms with Crippen LogP contribution in [0.1, 0.15) is 12.0 Å². The van der Waals surface area contributed by atoms with Crippen LogP contribution >= 0.6 is 8.46 Å². The van der Waals surface area contributed by atoms with Crippen molar-refractivity contribution in [3.63, 3.8) is 0 Å². The molecule has 0 radical (unpaired) electrons. The molecule has 0 saturated heterocycles. The van der Waals surface area contributed by atoms with Crippen molar-refractivity contribution in [3.05, 3.63) is 29.8 Å². The third-order valence-corrected chi connectivity index (χ3v) is 4.28. The van der Waals surface area contributed by atoms with Crippen LogP contribution in [0, 0.1) is 0 Å². The van der Waals surface area contributed by atoms with Gasteiger partial charge in [-0.3, -0.25) is 4.57 Å². The highest BCUT2D eigenvalue weighted by Crippen LogP contribution is 2.60. The molecule has 1 aromatic rings. The van der Waals surface area contributed by atoms with E-state index in [0.29, 0.717) is 0 Å². The molecule has 0 heterocycles. The van der Waals surface area contributed by atoms with Gasteiger partial charge in [-0.25, -0.2) is 0 Å². The zero-order chi connectivity index (χ0) is 23.1.